The molecule has 9 nitrogen and oxygen atoms in total. The van der Waals surface area contributed by atoms with Gasteiger partial charge in [-0.25, -0.2) is 0 Å². The number of nitrogens with zero attached hydrogens (tertiary/aromatic N) is 3. The molecule has 0 saturated carbocycles. The van der Waals surface area contributed by atoms with Gasteiger partial charge in [0.25, 0.3) is 5.91 Å². The molecule has 4 aromatic rings. The van der Waals surface area contributed by atoms with Crippen LogP contribution in [0, 0.1) is 0 Å². The summed E-state index contributed by atoms with van der Waals surface area (Å²) < 4.78 is 17.9. The van der Waals surface area contributed by atoms with Gasteiger partial charge in [0, 0.05) is 17.7 Å². The molecule has 0 saturated heterocycles. The molecule has 0 spiro atoms. The van der Waals surface area contributed by atoms with E-state index in [2.05, 4.69) is 5.32 Å². The number of fused-ring (bicyclic) bond motifs is 1. The number of hydrogen-bond donors (Lipinski definition) is 1. The Bertz CT molecular complexity index is 1520. The molecule has 1 aliphatic heterocycles. The Labute approximate surface area is 233 Å². The zero-order valence-electron chi connectivity index (χ0n) is 23.0. The smallest absolute Gasteiger partial charge is 0.273 e. The van der Waals surface area contributed by atoms with E-state index in [1.807, 2.05) is 60.7 Å². The molecule has 1 N–H and O–H groups in total. The second kappa shape index (κ2) is 11.1. The van der Waals surface area contributed by atoms with Gasteiger partial charge in [-0.1, -0.05) is 30.3 Å². The van der Waals surface area contributed by atoms with Crippen LogP contribution in [-0.2, 0) is 24.4 Å². The highest BCUT2D eigenvalue weighted by molar-refractivity contribution is 6.00. The molecule has 1 unspecified atom stereocenters. The first-order valence-electron chi connectivity index (χ1n) is 12.9. The average molecular weight is 541 g/mol. The number of methoxy groups -OCH3 is 3. The molecule has 0 bridgehead atoms. The number of nitrogens with one attached hydrogen (secondary N) is 1. The van der Waals surface area contributed by atoms with Crippen molar-refractivity contribution in [3.8, 4) is 28.5 Å². The molecule has 1 atom stereocenters. The van der Waals surface area contributed by atoms with Crippen molar-refractivity contribution in [2.45, 2.75) is 32.1 Å². The quantitative estimate of drug-likeness (QED) is 0.340. The van der Waals surface area contributed by atoms with E-state index in [4.69, 9.17) is 19.3 Å². The first-order chi connectivity index (χ1) is 19.4. The molecule has 5 rings (SSSR count). The molecule has 0 fully saturated rings. The monoisotopic (exact) mass is 540 g/mol. The van der Waals surface area contributed by atoms with Gasteiger partial charge in [-0.2, -0.15) is 5.10 Å². The lowest BCUT2D eigenvalue weighted by atomic mass is 9.93. The number of rotatable bonds is 9. The lowest BCUT2D eigenvalue weighted by Crippen LogP contribution is -2.63. The van der Waals surface area contributed by atoms with Crippen LogP contribution < -0.4 is 19.5 Å². The Morgan fingerprint density at radius 3 is 2.30 bits per heavy atom. The van der Waals surface area contributed by atoms with E-state index >= 15 is 0 Å². The molecule has 0 aliphatic carbocycles. The van der Waals surface area contributed by atoms with Crippen molar-refractivity contribution in [1.82, 2.24) is 20.0 Å². The minimum absolute atomic E-state index is 0.136. The van der Waals surface area contributed by atoms with Crippen molar-refractivity contribution >= 4 is 11.8 Å². The summed E-state index contributed by atoms with van der Waals surface area (Å²) in [5.41, 5.74) is 2.33. The SMILES string of the molecule is COc1ccc(-c2cc3n(n2)CC(C)(C(=O)NCc2ccccc2)N(Cc2cc(OC)ccc2OC)C3=O)cc1. The van der Waals surface area contributed by atoms with Crippen LogP contribution in [0.1, 0.15) is 28.5 Å². The van der Waals surface area contributed by atoms with Gasteiger partial charge >= 0.3 is 0 Å². The van der Waals surface area contributed by atoms with Crippen LogP contribution in [0.2, 0.25) is 0 Å². The number of benzene rings is 3. The fourth-order valence-corrected chi connectivity index (χ4v) is 4.94. The van der Waals surface area contributed by atoms with Gasteiger partial charge in [0.15, 0.2) is 0 Å². The van der Waals surface area contributed by atoms with Gasteiger partial charge in [-0.05, 0) is 61.0 Å². The number of carbonyl (C=O) groups excluding carboxylic acids is 2. The Morgan fingerprint density at radius 2 is 1.62 bits per heavy atom. The van der Waals surface area contributed by atoms with E-state index in [0.29, 0.717) is 29.4 Å². The molecule has 2 heterocycles. The lowest BCUT2D eigenvalue weighted by molar-refractivity contribution is -0.133. The molecular formula is C31H32N4O5. The topological polar surface area (TPSA) is 94.9 Å². The molecular weight excluding hydrogens is 508 g/mol. The van der Waals surface area contributed by atoms with Crippen molar-refractivity contribution in [1.29, 1.82) is 0 Å². The third-order valence-electron chi connectivity index (χ3n) is 7.28. The first kappa shape index (κ1) is 26.8. The maximum Gasteiger partial charge on any atom is 0.273 e. The third-order valence-corrected chi connectivity index (χ3v) is 7.28. The molecule has 0 radical (unpaired) electrons. The lowest BCUT2D eigenvalue weighted by Gasteiger charge is -2.43. The van der Waals surface area contributed by atoms with Crippen LogP contribution in [0.25, 0.3) is 11.3 Å². The predicted molar refractivity (Wildman–Crippen MR) is 150 cm³/mol. The van der Waals surface area contributed by atoms with Gasteiger partial charge in [-0.3, -0.25) is 14.3 Å². The summed E-state index contributed by atoms with van der Waals surface area (Å²) in [7, 11) is 4.77. The average Bonchev–Trinajstić information content (AvgIpc) is 3.42. The number of amides is 2. The van der Waals surface area contributed by atoms with Crippen molar-refractivity contribution in [3.05, 3.63) is 95.7 Å². The summed E-state index contributed by atoms with van der Waals surface area (Å²) in [4.78, 5) is 29.6. The van der Waals surface area contributed by atoms with Crippen LogP contribution in [-0.4, -0.2) is 53.4 Å². The molecule has 1 aliphatic rings. The molecule has 3 aromatic carbocycles. The third kappa shape index (κ3) is 5.10. The fourth-order valence-electron chi connectivity index (χ4n) is 4.94. The number of carbonyl (C=O) groups is 2. The summed E-state index contributed by atoms with van der Waals surface area (Å²) >= 11 is 0. The van der Waals surface area contributed by atoms with Crippen LogP contribution in [0.4, 0.5) is 0 Å². The Hall–Kier alpha value is -4.79. The van der Waals surface area contributed by atoms with Gasteiger partial charge < -0.3 is 24.4 Å². The first-order valence-corrected chi connectivity index (χ1v) is 12.9. The summed E-state index contributed by atoms with van der Waals surface area (Å²) in [5.74, 6) is 1.37. The second-order valence-corrected chi connectivity index (χ2v) is 9.81. The normalized spacial score (nSPS) is 16.3. The van der Waals surface area contributed by atoms with Crippen molar-refractivity contribution in [2.24, 2.45) is 0 Å². The van der Waals surface area contributed by atoms with E-state index in [1.165, 1.54) is 0 Å². The highest BCUT2D eigenvalue weighted by atomic mass is 16.5. The van der Waals surface area contributed by atoms with Crippen molar-refractivity contribution in [2.75, 3.05) is 21.3 Å². The minimum Gasteiger partial charge on any atom is -0.497 e. The Morgan fingerprint density at radius 1 is 0.925 bits per heavy atom. The van der Waals surface area contributed by atoms with Gasteiger partial charge in [-0.15, -0.1) is 0 Å². The van der Waals surface area contributed by atoms with Crippen LogP contribution >= 0.6 is 0 Å². The zero-order chi connectivity index (χ0) is 28.3. The Balaban J connectivity index is 1.53. The van der Waals surface area contributed by atoms with Crippen LogP contribution in [0.15, 0.2) is 78.9 Å². The van der Waals surface area contributed by atoms with E-state index in [0.717, 1.165) is 22.4 Å². The van der Waals surface area contributed by atoms with E-state index in [9.17, 15) is 9.59 Å². The van der Waals surface area contributed by atoms with Crippen LogP contribution in [0.5, 0.6) is 17.2 Å². The molecule has 2 amide bonds. The minimum atomic E-state index is -1.24. The van der Waals surface area contributed by atoms with Crippen molar-refractivity contribution < 1.29 is 23.8 Å². The largest absolute Gasteiger partial charge is 0.497 e. The summed E-state index contributed by atoms with van der Waals surface area (Å²) in [6.45, 7) is 2.42. The zero-order valence-corrected chi connectivity index (χ0v) is 23.0. The maximum atomic E-state index is 14.1. The van der Waals surface area contributed by atoms with Gasteiger partial charge in [0.05, 0.1) is 40.1 Å². The standard InChI is InChI=1S/C31H32N4O5/c1-31(30(37)32-18-21-8-6-5-7-9-21)20-35-27(17-26(33-35)22-10-12-24(38-2)13-11-22)29(36)34(31)19-23-16-25(39-3)14-15-28(23)40-4/h5-17H,18-20H2,1-4H3,(H,32,37). The molecule has 40 heavy (non-hydrogen) atoms. The second-order valence-electron chi connectivity index (χ2n) is 9.81. The molecule has 9 heteroatoms. The summed E-state index contributed by atoms with van der Waals surface area (Å²) in [6.07, 6.45) is 0. The van der Waals surface area contributed by atoms with Crippen LogP contribution in [0.3, 0.4) is 0 Å². The van der Waals surface area contributed by atoms with E-state index < -0.39 is 5.54 Å². The fraction of sp³-hybridized carbons (Fsp3) is 0.258. The molecule has 206 valence electrons. The number of aromatic nitrogens is 2. The van der Waals surface area contributed by atoms with Crippen molar-refractivity contribution in [3.63, 3.8) is 0 Å². The maximum absolute atomic E-state index is 14.1. The summed E-state index contributed by atoms with van der Waals surface area (Å²) in [5, 5.41) is 7.76. The highest BCUT2D eigenvalue weighted by Gasteiger charge is 2.48. The van der Waals surface area contributed by atoms with E-state index in [-0.39, 0.29) is 24.9 Å². The van der Waals surface area contributed by atoms with E-state index in [1.54, 1.807) is 56.0 Å². The summed E-state index contributed by atoms with van der Waals surface area (Å²) in [6, 6.07) is 24.3. The highest BCUT2D eigenvalue weighted by Crippen LogP contribution is 2.34. The number of ether oxygens (including phenoxy) is 3. The van der Waals surface area contributed by atoms with Gasteiger partial charge in [0.1, 0.15) is 28.5 Å². The Kier molecular flexibility index (Phi) is 7.46. The predicted octanol–water partition coefficient (Wildman–Crippen LogP) is 4.31. The molecule has 1 aromatic heterocycles. The number of hydrogen-bond acceptors (Lipinski definition) is 6. The van der Waals surface area contributed by atoms with Gasteiger partial charge in [0.2, 0.25) is 5.91 Å².